The quantitative estimate of drug-likeness (QED) is 0.727. The van der Waals surface area contributed by atoms with Crippen LogP contribution in [0.25, 0.3) is 0 Å². The minimum absolute atomic E-state index is 0.270. The van der Waals surface area contributed by atoms with E-state index in [9.17, 15) is 4.79 Å². The lowest BCUT2D eigenvalue weighted by molar-refractivity contribution is 0.709. The first-order valence-electron chi connectivity index (χ1n) is 3.02. The highest BCUT2D eigenvalue weighted by molar-refractivity contribution is 9.09. The Hall–Kier alpha value is -0.350. The van der Waals surface area contributed by atoms with E-state index in [-0.39, 0.29) is 5.69 Å². The van der Waals surface area contributed by atoms with E-state index in [2.05, 4.69) is 20.9 Å². The van der Waals surface area contributed by atoms with Crippen molar-refractivity contribution in [3.63, 3.8) is 0 Å². The van der Waals surface area contributed by atoms with Gasteiger partial charge in [-0.05, 0) is 0 Å². The van der Waals surface area contributed by atoms with Crippen molar-refractivity contribution in [3.05, 3.63) is 27.9 Å². The first-order valence-corrected chi connectivity index (χ1v) is 4.52. The molecule has 5 heteroatoms. The van der Waals surface area contributed by atoms with E-state index < -0.39 is 0 Å². The molecule has 1 aromatic rings. The Kier molecular flexibility index (Phi) is 3.08. The summed E-state index contributed by atoms with van der Waals surface area (Å²) in [5.74, 6) is 0. The molecular weight excluding hydrogens is 231 g/mol. The summed E-state index contributed by atoms with van der Waals surface area (Å²) >= 11 is 8.83. The molecule has 3 nitrogen and oxygen atoms in total. The van der Waals surface area contributed by atoms with E-state index in [1.807, 2.05) is 0 Å². The monoisotopic (exact) mass is 236 g/mol. The lowest BCUT2D eigenvalue weighted by Gasteiger charge is -1.99. The summed E-state index contributed by atoms with van der Waals surface area (Å²) < 4.78 is 1.46. The topological polar surface area (TPSA) is 34.9 Å². The molecule has 11 heavy (non-hydrogen) atoms. The van der Waals surface area contributed by atoms with Gasteiger partial charge in [0.15, 0.2) is 0 Å². The fourth-order valence-corrected chi connectivity index (χ4v) is 1.23. The largest absolute Gasteiger partial charge is 0.347 e. The Labute approximate surface area is 77.1 Å². The molecule has 0 spiro atoms. The minimum atomic E-state index is -0.270. The van der Waals surface area contributed by atoms with Gasteiger partial charge in [-0.1, -0.05) is 27.5 Å². The Morgan fingerprint density at radius 2 is 2.45 bits per heavy atom. The van der Waals surface area contributed by atoms with Crippen LogP contribution in [0.2, 0.25) is 5.02 Å². The minimum Gasteiger partial charge on any atom is -0.297 e. The molecule has 0 radical (unpaired) electrons. The molecule has 0 saturated carbocycles. The number of halogens is 2. The fourth-order valence-electron chi connectivity index (χ4n) is 0.680. The Bertz CT molecular complexity index is 299. The van der Waals surface area contributed by atoms with Crippen LogP contribution in [-0.2, 0) is 6.54 Å². The molecule has 0 saturated heterocycles. The van der Waals surface area contributed by atoms with Crippen LogP contribution in [0.15, 0.2) is 17.2 Å². The van der Waals surface area contributed by atoms with Crippen molar-refractivity contribution in [1.82, 2.24) is 9.55 Å². The smallest absolute Gasteiger partial charge is 0.297 e. The molecule has 0 fully saturated rings. The van der Waals surface area contributed by atoms with Gasteiger partial charge in [-0.2, -0.15) is 0 Å². The van der Waals surface area contributed by atoms with Crippen molar-refractivity contribution in [1.29, 1.82) is 0 Å². The highest BCUT2D eigenvalue weighted by Crippen LogP contribution is 2.01. The van der Waals surface area contributed by atoms with Crippen molar-refractivity contribution in [3.8, 4) is 0 Å². The molecule has 0 N–H and O–H groups in total. The van der Waals surface area contributed by atoms with Crippen molar-refractivity contribution in [2.75, 3.05) is 5.33 Å². The van der Waals surface area contributed by atoms with Crippen molar-refractivity contribution in [2.45, 2.75) is 6.54 Å². The predicted octanol–water partition coefficient (Wildman–Crippen LogP) is 1.29. The Morgan fingerprint density at radius 1 is 1.73 bits per heavy atom. The number of hydrogen-bond acceptors (Lipinski definition) is 2. The number of nitrogens with zero attached hydrogens (tertiary/aromatic N) is 2. The molecule has 0 unspecified atom stereocenters. The van der Waals surface area contributed by atoms with Gasteiger partial charge in [0.2, 0.25) is 0 Å². The van der Waals surface area contributed by atoms with Gasteiger partial charge < -0.3 is 0 Å². The van der Waals surface area contributed by atoms with Gasteiger partial charge in [-0.3, -0.25) is 4.57 Å². The van der Waals surface area contributed by atoms with E-state index in [4.69, 9.17) is 11.6 Å². The Balaban J connectivity index is 3.03. The van der Waals surface area contributed by atoms with Crippen LogP contribution in [0.4, 0.5) is 0 Å². The molecule has 0 aliphatic carbocycles. The third-order valence-electron chi connectivity index (χ3n) is 1.15. The van der Waals surface area contributed by atoms with Gasteiger partial charge >= 0.3 is 5.69 Å². The van der Waals surface area contributed by atoms with Crippen LogP contribution < -0.4 is 5.69 Å². The second-order valence-electron chi connectivity index (χ2n) is 1.94. The maximum Gasteiger partial charge on any atom is 0.347 e. The van der Waals surface area contributed by atoms with Gasteiger partial charge in [0, 0.05) is 18.1 Å². The summed E-state index contributed by atoms with van der Waals surface area (Å²) in [5.41, 5.74) is -0.270. The van der Waals surface area contributed by atoms with Crippen LogP contribution in [0.5, 0.6) is 0 Å². The summed E-state index contributed by atoms with van der Waals surface area (Å²) in [5, 5.41) is 1.19. The molecule has 0 amide bonds. The van der Waals surface area contributed by atoms with Gasteiger partial charge in [-0.15, -0.1) is 0 Å². The third-order valence-corrected chi connectivity index (χ3v) is 1.70. The average molecular weight is 237 g/mol. The number of hydrogen-bond donors (Lipinski definition) is 0. The molecule has 0 atom stereocenters. The Morgan fingerprint density at radius 3 is 3.09 bits per heavy atom. The summed E-state index contributed by atoms with van der Waals surface area (Å²) in [4.78, 5) is 14.5. The van der Waals surface area contributed by atoms with E-state index in [0.717, 1.165) is 5.33 Å². The molecular formula is C6H6BrClN2O. The van der Waals surface area contributed by atoms with Gasteiger partial charge in [0.05, 0.1) is 11.2 Å². The van der Waals surface area contributed by atoms with E-state index >= 15 is 0 Å². The van der Waals surface area contributed by atoms with Crippen molar-refractivity contribution >= 4 is 27.5 Å². The van der Waals surface area contributed by atoms with Crippen LogP contribution in [0, 0.1) is 0 Å². The molecule has 1 heterocycles. The molecule has 0 aliphatic heterocycles. The second kappa shape index (κ2) is 3.88. The first-order chi connectivity index (χ1) is 5.24. The zero-order chi connectivity index (χ0) is 8.27. The molecule has 60 valence electrons. The lowest BCUT2D eigenvalue weighted by atomic mass is 10.6. The van der Waals surface area contributed by atoms with E-state index in [1.165, 1.54) is 10.8 Å². The standard InChI is InChI=1S/C6H6BrClN2O/c7-1-2-10-4-5(8)3-9-6(10)11/h3-4H,1-2H2. The summed E-state index contributed by atoms with van der Waals surface area (Å²) in [6.07, 6.45) is 2.91. The number of rotatable bonds is 2. The first kappa shape index (κ1) is 8.74. The number of aromatic nitrogens is 2. The fraction of sp³-hybridized carbons (Fsp3) is 0.333. The predicted molar refractivity (Wildman–Crippen MR) is 47.3 cm³/mol. The molecule has 1 aromatic heterocycles. The van der Waals surface area contributed by atoms with Gasteiger partial charge in [-0.25, -0.2) is 9.78 Å². The molecule has 1 rings (SSSR count). The average Bonchev–Trinajstić information content (AvgIpc) is 1.98. The molecule has 0 bridgehead atoms. The lowest BCUT2D eigenvalue weighted by Crippen LogP contribution is -2.22. The zero-order valence-corrected chi connectivity index (χ0v) is 7.97. The van der Waals surface area contributed by atoms with Gasteiger partial charge in [0.25, 0.3) is 0 Å². The zero-order valence-electron chi connectivity index (χ0n) is 5.63. The van der Waals surface area contributed by atoms with Crippen molar-refractivity contribution < 1.29 is 0 Å². The number of alkyl halides is 1. The second-order valence-corrected chi connectivity index (χ2v) is 3.17. The van der Waals surface area contributed by atoms with Crippen LogP contribution in [-0.4, -0.2) is 14.9 Å². The summed E-state index contributed by atoms with van der Waals surface area (Å²) in [7, 11) is 0. The normalized spacial score (nSPS) is 10.0. The highest BCUT2D eigenvalue weighted by Gasteiger charge is 1.95. The molecule has 0 aliphatic rings. The maximum atomic E-state index is 10.9. The van der Waals surface area contributed by atoms with Gasteiger partial charge in [0.1, 0.15) is 0 Å². The van der Waals surface area contributed by atoms with Crippen LogP contribution in [0.1, 0.15) is 0 Å². The van der Waals surface area contributed by atoms with Crippen LogP contribution in [0.3, 0.4) is 0 Å². The summed E-state index contributed by atoms with van der Waals surface area (Å²) in [6.45, 7) is 0.590. The SMILES string of the molecule is O=c1ncc(Cl)cn1CCBr. The van der Waals surface area contributed by atoms with E-state index in [1.54, 1.807) is 6.20 Å². The summed E-state index contributed by atoms with van der Waals surface area (Å²) in [6, 6.07) is 0. The highest BCUT2D eigenvalue weighted by atomic mass is 79.9. The number of aryl methyl sites for hydroxylation is 1. The molecule has 0 aromatic carbocycles. The van der Waals surface area contributed by atoms with Crippen LogP contribution >= 0.6 is 27.5 Å². The van der Waals surface area contributed by atoms with E-state index in [0.29, 0.717) is 11.6 Å². The van der Waals surface area contributed by atoms with Crippen molar-refractivity contribution in [2.24, 2.45) is 0 Å². The third kappa shape index (κ3) is 2.31. The maximum absolute atomic E-state index is 10.9.